The molecule has 0 saturated heterocycles. The molecule has 5 heteroatoms. The molecular formula is C5H16O3SSi. The van der Waals surface area contributed by atoms with E-state index in [1.54, 1.807) is 21.3 Å². The van der Waals surface area contributed by atoms with E-state index >= 15 is 0 Å². The van der Waals surface area contributed by atoms with Crippen molar-refractivity contribution in [3.05, 3.63) is 0 Å². The van der Waals surface area contributed by atoms with Crippen LogP contribution in [0.3, 0.4) is 0 Å². The van der Waals surface area contributed by atoms with Crippen LogP contribution in [-0.4, -0.2) is 36.6 Å². The summed E-state index contributed by atoms with van der Waals surface area (Å²) in [6.07, 6.45) is 0. The van der Waals surface area contributed by atoms with Crippen molar-refractivity contribution in [3.63, 3.8) is 0 Å². The SMILES string of the molecule is CCS.CO[SiH](OC)OC. The summed E-state index contributed by atoms with van der Waals surface area (Å²) in [5.74, 6) is 0.944. The molecule has 0 unspecified atom stereocenters. The molecule has 64 valence electrons. The van der Waals surface area contributed by atoms with Crippen LogP contribution in [0, 0.1) is 0 Å². The van der Waals surface area contributed by atoms with Gasteiger partial charge in [-0.3, -0.25) is 0 Å². The van der Waals surface area contributed by atoms with Gasteiger partial charge in [0.2, 0.25) is 0 Å². The van der Waals surface area contributed by atoms with Crippen molar-refractivity contribution in [2.75, 3.05) is 27.1 Å². The molecule has 0 aliphatic carbocycles. The fourth-order valence-corrected chi connectivity index (χ4v) is 0.866. The smallest absolute Gasteiger partial charge is 0.379 e. The second kappa shape index (κ2) is 12.2. The van der Waals surface area contributed by atoms with Crippen LogP contribution in [0.1, 0.15) is 6.92 Å². The molecule has 0 aliphatic rings. The van der Waals surface area contributed by atoms with Crippen LogP contribution in [-0.2, 0) is 13.3 Å². The lowest BCUT2D eigenvalue weighted by atomic mass is 11.0. The highest BCUT2D eigenvalue weighted by Crippen LogP contribution is 1.81. The Labute approximate surface area is 70.0 Å². The molecule has 0 aromatic rings. The van der Waals surface area contributed by atoms with Gasteiger partial charge in [-0.2, -0.15) is 12.6 Å². The third kappa shape index (κ3) is 11.3. The highest BCUT2D eigenvalue weighted by Gasteiger charge is 2.04. The molecule has 3 nitrogen and oxygen atoms in total. The summed E-state index contributed by atoms with van der Waals surface area (Å²) in [6.45, 7) is 1.99. The topological polar surface area (TPSA) is 27.7 Å². The molecule has 0 amide bonds. The summed E-state index contributed by atoms with van der Waals surface area (Å²) in [5, 5.41) is 0. The van der Waals surface area contributed by atoms with Gasteiger partial charge in [-0.15, -0.1) is 0 Å². The maximum atomic E-state index is 4.74. The minimum Gasteiger partial charge on any atom is -0.379 e. The summed E-state index contributed by atoms with van der Waals surface area (Å²) in [4.78, 5) is 0. The first-order valence-corrected chi connectivity index (χ1v) is 5.00. The second-order valence-electron chi connectivity index (χ2n) is 1.31. The zero-order valence-electron chi connectivity index (χ0n) is 6.96. The minimum atomic E-state index is -1.67. The Balaban J connectivity index is 0. The highest BCUT2D eigenvalue weighted by atomic mass is 32.1. The van der Waals surface area contributed by atoms with Crippen molar-refractivity contribution in [1.29, 1.82) is 0 Å². The Kier molecular flexibility index (Phi) is 15.9. The standard InChI is InChI=1S/C3H10O3Si.C2H6S/c1-4-7(5-2)6-3;1-2-3/h7H,1-3H3;3H,2H2,1H3. The summed E-state index contributed by atoms with van der Waals surface area (Å²) < 4.78 is 14.2. The lowest BCUT2D eigenvalue weighted by Gasteiger charge is -2.05. The summed E-state index contributed by atoms with van der Waals surface area (Å²) in [5.41, 5.74) is 0. The first kappa shape index (κ1) is 13.1. The van der Waals surface area contributed by atoms with Crippen molar-refractivity contribution >= 4 is 22.2 Å². The van der Waals surface area contributed by atoms with Crippen molar-refractivity contribution in [2.24, 2.45) is 0 Å². The zero-order chi connectivity index (χ0) is 8.41. The number of hydrogen-bond acceptors (Lipinski definition) is 4. The molecule has 0 aromatic carbocycles. The van der Waals surface area contributed by atoms with Crippen molar-refractivity contribution < 1.29 is 13.3 Å². The van der Waals surface area contributed by atoms with Gasteiger partial charge in [0.15, 0.2) is 0 Å². The molecule has 0 N–H and O–H groups in total. The molecule has 0 rings (SSSR count). The first-order chi connectivity index (χ1) is 4.76. The molecule has 0 heterocycles. The number of rotatable bonds is 3. The molecule has 0 saturated carbocycles. The molecule has 0 atom stereocenters. The number of thiol groups is 1. The van der Waals surface area contributed by atoms with Crippen LogP contribution in [0.2, 0.25) is 0 Å². The minimum absolute atomic E-state index is 0.944. The maximum absolute atomic E-state index is 4.74. The van der Waals surface area contributed by atoms with Crippen LogP contribution in [0.4, 0.5) is 0 Å². The normalized spacial score (nSPS) is 9.00. The molecular weight excluding hydrogens is 168 g/mol. The van der Waals surface area contributed by atoms with Crippen LogP contribution in [0.5, 0.6) is 0 Å². The van der Waals surface area contributed by atoms with Crippen LogP contribution in [0.25, 0.3) is 0 Å². The van der Waals surface area contributed by atoms with E-state index in [9.17, 15) is 0 Å². The predicted molar refractivity (Wildman–Crippen MR) is 47.7 cm³/mol. The largest absolute Gasteiger partial charge is 0.483 e. The van der Waals surface area contributed by atoms with Gasteiger partial charge >= 0.3 is 9.53 Å². The Bertz CT molecular complexity index is 46.6. The van der Waals surface area contributed by atoms with Crippen molar-refractivity contribution in [1.82, 2.24) is 0 Å². The third-order valence-corrected chi connectivity index (χ3v) is 1.73. The molecule has 0 radical (unpaired) electrons. The predicted octanol–water partition coefficient (Wildman–Crippen LogP) is 0.579. The zero-order valence-corrected chi connectivity index (χ0v) is 9.01. The van der Waals surface area contributed by atoms with E-state index in [1.807, 2.05) is 6.92 Å². The monoisotopic (exact) mass is 184 g/mol. The average molecular weight is 184 g/mol. The van der Waals surface area contributed by atoms with E-state index < -0.39 is 9.53 Å². The van der Waals surface area contributed by atoms with E-state index in [0.717, 1.165) is 5.75 Å². The van der Waals surface area contributed by atoms with E-state index in [-0.39, 0.29) is 0 Å². The quantitative estimate of drug-likeness (QED) is 0.513. The molecule has 10 heavy (non-hydrogen) atoms. The van der Waals surface area contributed by atoms with Gasteiger partial charge in [-0.05, 0) is 5.75 Å². The lowest BCUT2D eigenvalue weighted by Crippen LogP contribution is -2.21. The Morgan fingerprint density at radius 1 is 1.10 bits per heavy atom. The average Bonchev–Trinajstić information content (AvgIpc) is 1.93. The summed E-state index contributed by atoms with van der Waals surface area (Å²) >= 11 is 3.79. The van der Waals surface area contributed by atoms with Crippen LogP contribution >= 0.6 is 12.6 Å². The van der Waals surface area contributed by atoms with E-state index in [4.69, 9.17) is 13.3 Å². The van der Waals surface area contributed by atoms with Gasteiger partial charge in [-0.1, -0.05) is 6.92 Å². The van der Waals surface area contributed by atoms with Crippen LogP contribution < -0.4 is 0 Å². The molecule has 0 aliphatic heterocycles. The first-order valence-electron chi connectivity index (χ1n) is 2.96. The van der Waals surface area contributed by atoms with E-state index in [2.05, 4.69) is 12.6 Å². The van der Waals surface area contributed by atoms with Gasteiger partial charge in [-0.25, -0.2) is 0 Å². The lowest BCUT2D eigenvalue weighted by molar-refractivity contribution is 0.163. The second-order valence-corrected chi connectivity index (χ2v) is 3.94. The fourth-order valence-electron chi connectivity index (χ4n) is 0.289. The van der Waals surface area contributed by atoms with Crippen molar-refractivity contribution in [2.45, 2.75) is 6.92 Å². The summed E-state index contributed by atoms with van der Waals surface area (Å²) in [6, 6.07) is 0. The highest BCUT2D eigenvalue weighted by molar-refractivity contribution is 7.80. The van der Waals surface area contributed by atoms with E-state index in [0.29, 0.717) is 0 Å². The molecule has 0 spiro atoms. The Morgan fingerprint density at radius 2 is 1.30 bits per heavy atom. The van der Waals surface area contributed by atoms with Gasteiger partial charge in [0, 0.05) is 21.3 Å². The molecule has 0 aromatic heterocycles. The fraction of sp³-hybridized carbons (Fsp3) is 1.00. The van der Waals surface area contributed by atoms with Gasteiger partial charge in [0.05, 0.1) is 0 Å². The van der Waals surface area contributed by atoms with Crippen LogP contribution in [0.15, 0.2) is 0 Å². The van der Waals surface area contributed by atoms with Gasteiger partial charge < -0.3 is 13.3 Å². The third-order valence-electron chi connectivity index (χ3n) is 0.577. The maximum Gasteiger partial charge on any atom is 0.483 e. The molecule has 0 bridgehead atoms. The van der Waals surface area contributed by atoms with E-state index in [1.165, 1.54) is 0 Å². The molecule has 0 fully saturated rings. The van der Waals surface area contributed by atoms with Crippen molar-refractivity contribution in [3.8, 4) is 0 Å². The Hall–Kier alpha value is 0.447. The van der Waals surface area contributed by atoms with Gasteiger partial charge in [0.25, 0.3) is 0 Å². The Morgan fingerprint density at radius 3 is 1.30 bits per heavy atom. The van der Waals surface area contributed by atoms with Gasteiger partial charge in [0.1, 0.15) is 0 Å². The number of hydrogen-bond donors (Lipinski definition) is 1. The summed E-state index contributed by atoms with van der Waals surface area (Å²) in [7, 11) is 3.05.